The summed E-state index contributed by atoms with van der Waals surface area (Å²) in [4.78, 5) is 27.2. The first-order valence-electron chi connectivity index (χ1n) is 11.4. The highest BCUT2D eigenvalue weighted by molar-refractivity contribution is 9.10. The van der Waals surface area contributed by atoms with Crippen LogP contribution in [0.25, 0.3) is 16.9 Å². The molecule has 8 nitrogen and oxygen atoms in total. The number of nitrogens with zero attached hydrogens (tertiary/aromatic N) is 4. The van der Waals surface area contributed by atoms with Gasteiger partial charge in [-0.05, 0) is 72.1 Å². The normalized spacial score (nSPS) is 12.2. The second-order valence-electron chi connectivity index (χ2n) is 9.04. The van der Waals surface area contributed by atoms with E-state index in [1.807, 2.05) is 0 Å². The molecule has 0 atom stereocenters. The summed E-state index contributed by atoms with van der Waals surface area (Å²) in [5.41, 5.74) is -0.532. The standard InChI is InChI=1S/C25H22BrClF3N5O3/c1-4-18-20(26)22(37)21-23(33-35(32-21)15-8-5-13(6-9-15)24(2,3)38)34(18)12-19(36)31-17-10-7-14(11-16(17)27)25(28,29)30/h5-11,38H,4,12H2,1-3H3,(H,31,36). The highest BCUT2D eigenvalue weighted by Crippen LogP contribution is 2.34. The number of hydrogen-bond acceptors (Lipinski definition) is 5. The van der Waals surface area contributed by atoms with Gasteiger partial charge in [0.1, 0.15) is 6.54 Å². The van der Waals surface area contributed by atoms with Gasteiger partial charge in [-0.3, -0.25) is 9.59 Å². The lowest BCUT2D eigenvalue weighted by Crippen LogP contribution is -2.24. The van der Waals surface area contributed by atoms with Crippen LogP contribution < -0.4 is 10.7 Å². The second-order valence-corrected chi connectivity index (χ2v) is 10.2. The Labute approximate surface area is 228 Å². The largest absolute Gasteiger partial charge is 0.416 e. The van der Waals surface area contributed by atoms with Crippen LogP contribution in [-0.4, -0.2) is 30.6 Å². The van der Waals surface area contributed by atoms with Gasteiger partial charge in [0.05, 0.1) is 32.0 Å². The summed E-state index contributed by atoms with van der Waals surface area (Å²) in [5, 5.41) is 21.2. The van der Waals surface area contributed by atoms with Gasteiger partial charge < -0.3 is 15.0 Å². The number of amides is 1. The Kier molecular flexibility index (Phi) is 7.43. The quantitative estimate of drug-likeness (QED) is 0.302. The molecule has 4 rings (SSSR count). The monoisotopic (exact) mass is 611 g/mol. The molecule has 2 aromatic carbocycles. The van der Waals surface area contributed by atoms with Crippen LogP contribution in [-0.2, 0) is 29.5 Å². The molecule has 13 heteroatoms. The summed E-state index contributed by atoms with van der Waals surface area (Å²) < 4.78 is 40.6. The third kappa shape index (κ3) is 5.47. The molecule has 200 valence electrons. The summed E-state index contributed by atoms with van der Waals surface area (Å²) in [7, 11) is 0. The maximum absolute atomic E-state index is 13.0. The fourth-order valence-electron chi connectivity index (χ4n) is 3.87. The van der Waals surface area contributed by atoms with E-state index in [0.717, 1.165) is 18.2 Å². The number of nitrogens with one attached hydrogen (secondary N) is 1. The number of carbonyl (C=O) groups is 1. The molecule has 2 heterocycles. The van der Waals surface area contributed by atoms with Crippen molar-refractivity contribution in [1.29, 1.82) is 0 Å². The number of benzene rings is 2. The van der Waals surface area contributed by atoms with Gasteiger partial charge >= 0.3 is 6.18 Å². The van der Waals surface area contributed by atoms with Gasteiger partial charge in [-0.2, -0.15) is 13.2 Å². The van der Waals surface area contributed by atoms with E-state index in [-0.39, 0.29) is 32.9 Å². The minimum atomic E-state index is -4.57. The Morgan fingerprint density at radius 2 is 1.74 bits per heavy atom. The molecule has 0 saturated heterocycles. The minimum absolute atomic E-state index is 0.00891. The fraction of sp³-hybridized carbons (Fsp3) is 0.280. The molecular weight excluding hydrogens is 591 g/mol. The number of halogens is 5. The third-order valence-corrected chi connectivity index (χ3v) is 6.99. The van der Waals surface area contributed by atoms with Crippen LogP contribution in [0.5, 0.6) is 0 Å². The molecule has 0 aliphatic carbocycles. The predicted octanol–water partition coefficient (Wildman–Crippen LogP) is 5.45. The number of anilines is 1. The molecule has 0 aliphatic heterocycles. The molecule has 0 aliphatic rings. The van der Waals surface area contributed by atoms with E-state index in [0.29, 0.717) is 23.4 Å². The summed E-state index contributed by atoms with van der Waals surface area (Å²) in [6.07, 6.45) is -4.20. The molecule has 0 bridgehead atoms. The average molecular weight is 613 g/mol. The van der Waals surface area contributed by atoms with Crippen molar-refractivity contribution in [3.05, 3.63) is 79.0 Å². The Balaban J connectivity index is 1.72. The van der Waals surface area contributed by atoms with Crippen molar-refractivity contribution in [2.45, 2.75) is 45.5 Å². The zero-order chi connectivity index (χ0) is 28.0. The van der Waals surface area contributed by atoms with Gasteiger partial charge in [0, 0.05) is 5.69 Å². The zero-order valence-corrected chi connectivity index (χ0v) is 22.7. The smallest absolute Gasteiger partial charge is 0.386 e. The molecule has 2 N–H and O–H groups in total. The van der Waals surface area contributed by atoms with Crippen LogP contribution in [0.15, 0.2) is 51.7 Å². The number of aliphatic hydroxyl groups is 1. The first-order valence-corrected chi connectivity index (χ1v) is 12.6. The van der Waals surface area contributed by atoms with Crippen LogP contribution >= 0.6 is 27.5 Å². The molecule has 0 spiro atoms. The van der Waals surface area contributed by atoms with Crippen molar-refractivity contribution in [2.24, 2.45) is 0 Å². The van der Waals surface area contributed by atoms with Crippen LogP contribution in [0.4, 0.5) is 18.9 Å². The van der Waals surface area contributed by atoms with Crippen molar-refractivity contribution < 1.29 is 23.1 Å². The first kappa shape index (κ1) is 27.8. The second kappa shape index (κ2) is 10.2. The number of carbonyl (C=O) groups excluding carboxylic acids is 1. The van der Waals surface area contributed by atoms with Crippen LogP contribution in [0.2, 0.25) is 5.02 Å². The van der Waals surface area contributed by atoms with Gasteiger partial charge in [0.15, 0.2) is 11.2 Å². The maximum atomic E-state index is 13.0. The number of aromatic nitrogens is 4. The van der Waals surface area contributed by atoms with Gasteiger partial charge in [-0.25, -0.2) is 0 Å². The Morgan fingerprint density at radius 3 is 2.29 bits per heavy atom. The van der Waals surface area contributed by atoms with Gasteiger partial charge in [-0.1, -0.05) is 30.7 Å². The number of fused-ring (bicyclic) bond motifs is 1. The van der Waals surface area contributed by atoms with E-state index < -0.39 is 28.7 Å². The highest BCUT2D eigenvalue weighted by Gasteiger charge is 2.31. The van der Waals surface area contributed by atoms with E-state index in [1.54, 1.807) is 45.0 Å². The lowest BCUT2D eigenvalue weighted by molar-refractivity contribution is -0.137. The summed E-state index contributed by atoms with van der Waals surface area (Å²) >= 11 is 9.29. The molecule has 0 radical (unpaired) electrons. The van der Waals surface area contributed by atoms with Crippen molar-refractivity contribution in [1.82, 2.24) is 19.6 Å². The average Bonchev–Trinajstić information content (AvgIpc) is 3.28. The van der Waals surface area contributed by atoms with Gasteiger partial charge in [0.2, 0.25) is 11.3 Å². The summed E-state index contributed by atoms with van der Waals surface area (Å²) in [5.74, 6) is -0.595. The minimum Gasteiger partial charge on any atom is -0.386 e. The van der Waals surface area contributed by atoms with Crippen molar-refractivity contribution in [2.75, 3.05) is 5.32 Å². The zero-order valence-electron chi connectivity index (χ0n) is 20.4. The number of hydrogen-bond donors (Lipinski definition) is 2. The van der Waals surface area contributed by atoms with Gasteiger partial charge in [-0.15, -0.1) is 15.0 Å². The Hall–Kier alpha value is -3.22. The number of alkyl halides is 3. The summed E-state index contributed by atoms with van der Waals surface area (Å²) in [6, 6.07) is 9.44. The number of pyridine rings is 1. The molecule has 4 aromatic rings. The highest BCUT2D eigenvalue weighted by atomic mass is 79.9. The molecule has 2 aromatic heterocycles. The molecule has 0 unspecified atom stereocenters. The van der Waals surface area contributed by atoms with Crippen molar-refractivity contribution >= 4 is 50.3 Å². The van der Waals surface area contributed by atoms with Crippen LogP contribution in [0.3, 0.4) is 0 Å². The summed E-state index contributed by atoms with van der Waals surface area (Å²) in [6.45, 7) is 4.79. The van der Waals surface area contributed by atoms with Crippen LogP contribution in [0, 0.1) is 0 Å². The topological polar surface area (TPSA) is 102 Å². The van der Waals surface area contributed by atoms with E-state index in [1.165, 1.54) is 9.36 Å². The maximum Gasteiger partial charge on any atom is 0.416 e. The van der Waals surface area contributed by atoms with Crippen molar-refractivity contribution in [3.63, 3.8) is 0 Å². The number of rotatable bonds is 6. The molecular formula is C25H22BrClF3N5O3. The van der Waals surface area contributed by atoms with Gasteiger partial charge in [0.25, 0.3) is 0 Å². The van der Waals surface area contributed by atoms with E-state index in [4.69, 9.17) is 11.6 Å². The van der Waals surface area contributed by atoms with E-state index in [2.05, 4.69) is 31.4 Å². The lowest BCUT2D eigenvalue weighted by atomic mass is 9.98. The lowest BCUT2D eigenvalue weighted by Gasteiger charge is -2.17. The fourth-order valence-corrected chi connectivity index (χ4v) is 4.78. The molecule has 0 fully saturated rings. The van der Waals surface area contributed by atoms with E-state index in [9.17, 15) is 27.9 Å². The van der Waals surface area contributed by atoms with Crippen LogP contribution in [0.1, 0.15) is 37.6 Å². The Morgan fingerprint density at radius 1 is 1.11 bits per heavy atom. The van der Waals surface area contributed by atoms with Crippen molar-refractivity contribution in [3.8, 4) is 5.69 Å². The predicted molar refractivity (Wildman–Crippen MR) is 141 cm³/mol. The SMILES string of the molecule is CCc1c(Br)c(=O)c2nn(-c3ccc(C(C)(C)O)cc3)nc2n1CC(=O)Nc1ccc(C(F)(F)F)cc1Cl. The third-order valence-electron chi connectivity index (χ3n) is 5.86. The Bertz CT molecular complexity index is 1590. The molecule has 38 heavy (non-hydrogen) atoms. The molecule has 0 saturated carbocycles. The molecule has 1 amide bonds. The van der Waals surface area contributed by atoms with E-state index >= 15 is 0 Å². The first-order chi connectivity index (χ1) is 17.7.